The van der Waals surface area contributed by atoms with E-state index in [-0.39, 0.29) is 18.9 Å². The lowest BCUT2D eigenvalue weighted by atomic mass is 10.2. The second-order valence-corrected chi connectivity index (χ2v) is 5.78. The third-order valence-electron chi connectivity index (χ3n) is 3.78. The summed E-state index contributed by atoms with van der Waals surface area (Å²) in [4.78, 5) is 8.13. The fraction of sp³-hybridized carbons (Fsp3) is 0.368. The van der Waals surface area contributed by atoms with Crippen LogP contribution in [0.5, 0.6) is 11.5 Å². The average Bonchev–Trinajstić information content (AvgIpc) is 2.70. The summed E-state index contributed by atoms with van der Waals surface area (Å²) < 4.78 is 49.5. The Morgan fingerprint density at radius 3 is 2.55 bits per heavy atom. The highest BCUT2D eigenvalue weighted by Crippen LogP contribution is 2.33. The van der Waals surface area contributed by atoms with Crippen molar-refractivity contribution in [3.63, 3.8) is 0 Å². The van der Waals surface area contributed by atoms with Crippen LogP contribution in [0.3, 0.4) is 0 Å². The molecule has 0 bridgehead atoms. The van der Waals surface area contributed by atoms with Gasteiger partial charge in [-0.2, -0.15) is 13.2 Å². The maximum atomic E-state index is 13.0. The number of hydrogen-bond donors (Lipinski definition) is 3. The lowest BCUT2D eigenvalue weighted by Crippen LogP contribution is -2.31. The number of alkyl halides is 3. The maximum Gasteiger partial charge on any atom is 0.419 e. The zero-order chi connectivity index (χ0) is 21.3. The van der Waals surface area contributed by atoms with E-state index in [1.807, 2.05) is 6.92 Å². The molecule has 0 atom stereocenters. The maximum absolute atomic E-state index is 13.0. The molecule has 10 heteroatoms. The van der Waals surface area contributed by atoms with E-state index in [0.29, 0.717) is 24.0 Å². The Bertz CT molecular complexity index is 828. The number of benzene rings is 1. The Balaban J connectivity index is 2.02. The van der Waals surface area contributed by atoms with Gasteiger partial charge in [0.2, 0.25) is 0 Å². The topological polar surface area (TPSA) is 79.8 Å². The first-order chi connectivity index (χ1) is 13.9. The summed E-state index contributed by atoms with van der Waals surface area (Å²) in [5, 5.41) is 8.88. The minimum atomic E-state index is -4.47. The molecule has 1 aromatic heterocycles. The molecule has 7 nitrogen and oxygen atoms in total. The van der Waals surface area contributed by atoms with Gasteiger partial charge in [0.05, 0.1) is 26.3 Å². The smallest absolute Gasteiger partial charge is 0.419 e. The highest BCUT2D eigenvalue weighted by Gasteiger charge is 2.33. The molecule has 0 aliphatic heterocycles. The van der Waals surface area contributed by atoms with E-state index in [4.69, 9.17) is 9.47 Å². The number of aromatic nitrogens is 1. The summed E-state index contributed by atoms with van der Waals surface area (Å²) in [6.07, 6.45) is -3.16. The fourth-order valence-corrected chi connectivity index (χ4v) is 2.47. The number of pyridine rings is 1. The highest BCUT2D eigenvalue weighted by molar-refractivity contribution is 5.93. The first-order valence-electron chi connectivity index (χ1n) is 8.92. The number of guanidine groups is 1. The normalized spacial score (nSPS) is 11.7. The number of nitrogens with one attached hydrogen (secondary N) is 3. The molecule has 0 unspecified atom stereocenters. The predicted molar refractivity (Wildman–Crippen MR) is 107 cm³/mol. The summed E-state index contributed by atoms with van der Waals surface area (Å²) >= 11 is 0. The zero-order valence-corrected chi connectivity index (χ0v) is 16.4. The average molecular weight is 411 g/mol. The molecule has 0 radical (unpaired) electrons. The Morgan fingerprint density at radius 2 is 1.90 bits per heavy atom. The molecule has 0 saturated heterocycles. The minimum Gasteiger partial charge on any atom is -0.493 e. The van der Waals surface area contributed by atoms with E-state index in [1.165, 1.54) is 12.3 Å². The van der Waals surface area contributed by atoms with Crippen molar-refractivity contribution in [3.05, 3.63) is 42.1 Å². The van der Waals surface area contributed by atoms with E-state index in [2.05, 4.69) is 25.9 Å². The van der Waals surface area contributed by atoms with Crippen LogP contribution in [0, 0.1) is 0 Å². The summed E-state index contributed by atoms with van der Waals surface area (Å²) in [7, 11) is 3.09. The van der Waals surface area contributed by atoms with Gasteiger partial charge < -0.3 is 25.4 Å². The van der Waals surface area contributed by atoms with Crippen molar-refractivity contribution in [3.8, 4) is 11.5 Å². The molecule has 0 spiro atoms. The van der Waals surface area contributed by atoms with E-state index in [0.717, 1.165) is 11.8 Å². The van der Waals surface area contributed by atoms with Crippen LogP contribution < -0.4 is 25.4 Å². The van der Waals surface area contributed by atoms with Crippen LogP contribution in [0.4, 0.5) is 24.7 Å². The van der Waals surface area contributed by atoms with Crippen molar-refractivity contribution in [2.45, 2.75) is 13.1 Å². The number of aliphatic imine (C=N–C) groups is 1. The first-order valence-corrected chi connectivity index (χ1v) is 8.92. The minimum absolute atomic E-state index is 0.183. The molecular weight excluding hydrogens is 387 g/mol. The second-order valence-electron chi connectivity index (χ2n) is 5.78. The van der Waals surface area contributed by atoms with Crippen molar-refractivity contribution in [2.24, 2.45) is 4.99 Å². The van der Waals surface area contributed by atoms with Crippen molar-refractivity contribution < 1.29 is 22.6 Å². The Morgan fingerprint density at radius 1 is 1.14 bits per heavy atom. The van der Waals surface area contributed by atoms with Gasteiger partial charge in [0.1, 0.15) is 5.82 Å². The molecule has 1 heterocycles. The molecule has 0 amide bonds. The van der Waals surface area contributed by atoms with Gasteiger partial charge in [0.15, 0.2) is 17.5 Å². The van der Waals surface area contributed by atoms with Crippen LogP contribution in [-0.4, -0.2) is 44.8 Å². The van der Waals surface area contributed by atoms with Crippen LogP contribution in [0.25, 0.3) is 0 Å². The number of anilines is 2. The van der Waals surface area contributed by atoms with Crippen molar-refractivity contribution in [1.29, 1.82) is 0 Å². The van der Waals surface area contributed by atoms with E-state index in [9.17, 15) is 13.2 Å². The molecule has 158 valence electrons. The van der Waals surface area contributed by atoms with Gasteiger partial charge in [0.25, 0.3) is 0 Å². The molecular formula is C19H24F3N5O2. The number of hydrogen-bond acceptors (Lipinski definition) is 5. The Labute approximate surface area is 167 Å². The molecule has 2 aromatic rings. The van der Waals surface area contributed by atoms with Crippen LogP contribution in [0.2, 0.25) is 0 Å². The van der Waals surface area contributed by atoms with Crippen molar-refractivity contribution >= 4 is 17.5 Å². The van der Waals surface area contributed by atoms with Crippen LogP contribution in [0.1, 0.15) is 12.5 Å². The lowest BCUT2D eigenvalue weighted by Gasteiger charge is -2.14. The molecule has 3 N–H and O–H groups in total. The predicted octanol–water partition coefficient (Wildman–Crippen LogP) is 3.61. The standard InChI is InChI=1S/C19H24F3N5O2/c1-4-23-18(27-13-7-8-15(28-2)16(12-13)29-3)26-11-10-25-17-14(19(20,21)22)6-5-9-24-17/h5-9,12H,4,10-11H2,1-3H3,(H,24,25)(H2,23,26,27). The quantitative estimate of drug-likeness (QED) is 0.350. The third kappa shape index (κ3) is 6.44. The molecule has 29 heavy (non-hydrogen) atoms. The molecule has 0 aliphatic carbocycles. The first kappa shape index (κ1) is 22.1. The summed E-state index contributed by atoms with van der Waals surface area (Å²) in [6, 6.07) is 7.55. The zero-order valence-electron chi connectivity index (χ0n) is 16.4. The van der Waals surface area contributed by atoms with E-state index < -0.39 is 11.7 Å². The van der Waals surface area contributed by atoms with E-state index >= 15 is 0 Å². The number of methoxy groups -OCH3 is 2. The molecule has 1 aromatic carbocycles. The van der Waals surface area contributed by atoms with Gasteiger partial charge in [-0.05, 0) is 31.2 Å². The second kappa shape index (κ2) is 10.4. The fourth-order valence-electron chi connectivity index (χ4n) is 2.47. The molecule has 2 rings (SSSR count). The van der Waals surface area contributed by atoms with Gasteiger partial charge in [0, 0.05) is 31.0 Å². The van der Waals surface area contributed by atoms with Gasteiger partial charge >= 0.3 is 6.18 Å². The van der Waals surface area contributed by atoms with Crippen molar-refractivity contribution in [2.75, 3.05) is 44.5 Å². The Hall–Kier alpha value is -3.17. The number of nitrogens with zero attached hydrogens (tertiary/aromatic N) is 2. The summed E-state index contributed by atoms with van der Waals surface area (Å²) in [5.41, 5.74) is -0.0845. The van der Waals surface area contributed by atoms with Crippen LogP contribution >= 0.6 is 0 Å². The van der Waals surface area contributed by atoms with Gasteiger partial charge in [-0.25, -0.2) is 4.98 Å². The monoisotopic (exact) mass is 411 g/mol. The number of ether oxygens (including phenoxy) is 2. The van der Waals surface area contributed by atoms with Crippen LogP contribution in [-0.2, 0) is 6.18 Å². The van der Waals surface area contributed by atoms with Gasteiger partial charge in [-0.15, -0.1) is 0 Å². The summed E-state index contributed by atoms with van der Waals surface area (Å²) in [5.74, 6) is 1.43. The Kier molecular flexibility index (Phi) is 7.93. The van der Waals surface area contributed by atoms with Gasteiger partial charge in [-0.3, -0.25) is 4.99 Å². The molecule has 0 fully saturated rings. The molecule has 0 saturated carbocycles. The largest absolute Gasteiger partial charge is 0.493 e. The number of rotatable bonds is 8. The summed E-state index contributed by atoms with van der Waals surface area (Å²) in [6.45, 7) is 2.94. The lowest BCUT2D eigenvalue weighted by molar-refractivity contribution is -0.137. The molecule has 0 aliphatic rings. The van der Waals surface area contributed by atoms with E-state index in [1.54, 1.807) is 32.4 Å². The number of halogens is 3. The highest BCUT2D eigenvalue weighted by atomic mass is 19.4. The van der Waals surface area contributed by atoms with Crippen molar-refractivity contribution in [1.82, 2.24) is 10.3 Å². The van der Waals surface area contributed by atoms with Crippen LogP contribution in [0.15, 0.2) is 41.5 Å². The SMILES string of the molecule is CCNC(=NCCNc1ncccc1C(F)(F)F)Nc1ccc(OC)c(OC)c1. The van der Waals surface area contributed by atoms with Gasteiger partial charge in [-0.1, -0.05) is 0 Å². The third-order valence-corrected chi connectivity index (χ3v) is 3.78.